The molecule has 1 unspecified atom stereocenters. The predicted molar refractivity (Wildman–Crippen MR) is 74.4 cm³/mol. The molecule has 1 aliphatic carbocycles. The number of carboxylic acids is 1. The van der Waals surface area contributed by atoms with E-state index in [1.165, 1.54) is 11.6 Å². The Hall–Kier alpha value is -2.10. The van der Waals surface area contributed by atoms with Gasteiger partial charge in [0.05, 0.1) is 5.92 Å². The fourth-order valence-electron chi connectivity index (χ4n) is 3.10. The number of nitrogens with zero attached hydrogens (tertiary/aromatic N) is 1. The zero-order valence-electron chi connectivity index (χ0n) is 11.2. The van der Waals surface area contributed by atoms with Gasteiger partial charge in [0, 0.05) is 19.2 Å². The lowest BCUT2D eigenvalue weighted by Crippen LogP contribution is -2.47. The first-order chi connectivity index (χ1) is 9.65. The average Bonchev–Trinajstić information content (AvgIpc) is 2.41. The number of aliphatic carboxylic acids is 1. The number of likely N-dealkylation sites (tertiary alicyclic amines) is 1. The Morgan fingerprint density at radius 1 is 1.25 bits per heavy atom. The highest BCUT2D eigenvalue weighted by molar-refractivity contribution is 5.87. The first-order valence-electron chi connectivity index (χ1n) is 6.94. The molecule has 1 heterocycles. The monoisotopic (exact) mass is 271 g/mol. The van der Waals surface area contributed by atoms with Gasteiger partial charge < -0.3 is 10.0 Å². The number of amides is 1. The van der Waals surface area contributed by atoms with Crippen molar-refractivity contribution in [1.29, 1.82) is 0 Å². The lowest BCUT2D eigenvalue weighted by atomic mass is 9.81. The van der Waals surface area contributed by atoms with Crippen LogP contribution in [0.1, 0.15) is 29.9 Å². The molecule has 0 radical (unpaired) electrons. The third kappa shape index (κ3) is 2.33. The van der Waals surface area contributed by atoms with E-state index >= 15 is 0 Å². The summed E-state index contributed by atoms with van der Waals surface area (Å²) in [5.41, 5.74) is 3.24. The maximum Gasteiger partial charge on any atom is 0.328 e. The number of carbonyl (C=O) groups is 2. The Balaban J connectivity index is 1.73. The Morgan fingerprint density at radius 3 is 2.75 bits per heavy atom. The summed E-state index contributed by atoms with van der Waals surface area (Å²) in [5, 5.41) is 8.67. The Labute approximate surface area is 117 Å². The highest BCUT2D eigenvalue weighted by Crippen LogP contribution is 2.34. The molecule has 1 amide bonds. The summed E-state index contributed by atoms with van der Waals surface area (Å²) >= 11 is 0. The maximum absolute atomic E-state index is 12.5. The highest BCUT2D eigenvalue weighted by Gasteiger charge is 2.34. The van der Waals surface area contributed by atoms with Crippen molar-refractivity contribution in [3.05, 3.63) is 47.0 Å². The molecule has 1 aromatic rings. The lowest BCUT2D eigenvalue weighted by Gasteiger charge is -2.38. The van der Waals surface area contributed by atoms with Crippen LogP contribution in [0.25, 0.3) is 0 Å². The average molecular weight is 271 g/mol. The zero-order valence-corrected chi connectivity index (χ0v) is 11.2. The lowest BCUT2D eigenvalue weighted by molar-refractivity contribution is -0.135. The van der Waals surface area contributed by atoms with E-state index in [0.29, 0.717) is 13.1 Å². The molecule has 1 fully saturated rings. The van der Waals surface area contributed by atoms with Gasteiger partial charge in [-0.1, -0.05) is 24.3 Å². The normalized spacial score (nSPS) is 20.9. The molecule has 0 saturated carbocycles. The van der Waals surface area contributed by atoms with Gasteiger partial charge in [-0.3, -0.25) is 4.79 Å². The third-order valence-corrected chi connectivity index (χ3v) is 4.09. The van der Waals surface area contributed by atoms with E-state index < -0.39 is 5.97 Å². The summed E-state index contributed by atoms with van der Waals surface area (Å²) in [4.78, 5) is 24.8. The van der Waals surface area contributed by atoms with Crippen LogP contribution in [0.3, 0.4) is 0 Å². The molecule has 3 rings (SSSR count). The minimum atomic E-state index is -0.935. The van der Waals surface area contributed by atoms with Crippen molar-refractivity contribution in [2.45, 2.75) is 25.2 Å². The first kappa shape index (κ1) is 12.9. The van der Waals surface area contributed by atoms with Gasteiger partial charge in [0.2, 0.25) is 5.91 Å². The topological polar surface area (TPSA) is 57.6 Å². The second kappa shape index (κ2) is 5.12. The molecule has 20 heavy (non-hydrogen) atoms. The van der Waals surface area contributed by atoms with Crippen LogP contribution in [0.2, 0.25) is 0 Å². The van der Waals surface area contributed by atoms with Crippen LogP contribution < -0.4 is 0 Å². The molecule has 0 aromatic heterocycles. The predicted octanol–water partition coefficient (Wildman–Crippen LogP) is 1.96. The van der Waals surface area contributed by atoms with E-state index in [2.05, 4.69) is 6.07 Å². The van der Waals surface area contributed by atoms with Crippen molar-refractivity contribution in [2.24, 2.45) is 0 Å². The quantitative estimate of drug-likeness (QED) is 0.837. The minimum absolute atomic E-state index is 0.0497. The van der Waals surface area contributed by atoms with Gasteiger partial charge in [0.15, 0.2) is 0 Å². The Kier molecular flexibility index (Phi) is 3.30. The minimum Gasteiger partial charge on any atom is -0.478 e. The van der Waals surface area contributed by atoms with E-state index in [-0.39, 0.29) is 11.8 Å². The van der Waals surface area contributed by atoms with Crippen molar-refractivity contribution in [2.75, 3.05) is 13.1 Å². The largest absolute Gasteiger partial charge is 0.478 e. The van der Waals surface area contributed by atoms with Gasteiger partial charge in [-0.05, 0) is 36.0 Å². The molecule has 1 saturated heterocycles. The molecular formula is C16H17NO3. The van der Waals surface area contributed by atoms with Crippen molar-refractivity contribution >= 4 is 11.9 Å². The molecule has 1 atom stereocenters. The van der Waals surface area contributed by atoms with Gasteiger partial charge >= 0.3 is 5.97 Å². The van der Waals surface area contributed by atoms with Gasteiger partial charge in [0.25, 0.3) is 0 Å². The molecule has 0 spiro atoms. The SMILES string of the molecule is O=C(O)C=C1CN(C(=O)C2CCCc3ccccc32)C1. The van der Waals surface area contributed by atoms with Gasteiger partial charge in [-0.15, -0.1) is 0 Å². The molecule has 104 valence electrons. The van der Waals surface area contributed by atoms with E-state index in [9.17, 15) is 9.59 Å². The molecule has 4 nitrogen and oxygen atoms in total. The van der Waals surface area contributed by atoms with Crippen molar-refractivity contribution in [3.8, 4) is 0 Å². The van der Waals surface area contributed by atoms with Gasteiger partial charge in [-0.25, -0.2) is 4.79 Å². The van der Waals surface area contributed by atoms with Crippen molar-refractivity contribution in [1.82, 2.24) is 4.90 Å². The smallest absolute Gasteiger partial charge is 0.328 e. The fourth-order valence-corrected chi connectivity index (χ4v) is 3.10. The summed E-state index contributed by atoms with van der Waals surface area (Å²) in [6, 6.07) is 8.14. The fraction of sp³-hybridized carbons (Fsp3) is 0.375. The van der Waals surface area contributed by atoms with Crippen molar-refractivity contribution < 1.29 is 14.7 Å². The number of carbonyl (C=O) groups excluding carboxylic acids is 1. The molecule has 1 N–H and O–H groups in total. The number of rotatable bonds is 2. The van der Waals surface area contributed by atoms with Gasteiger partial charge in [-0.2, -0.15) is 0 Å². The maximum atomic E-state index is 12.5. The molecule has 4 heteroatoms. The van der Waals surface area contributed by atoms with Crippen molar-refractivity contribution in [3.63, 3.8) is 0 Å². The number of hydrogen-bond acceptors (Lipinski definition) is 2. The number of fused-ring (bicyclic) bond motifs is 1. The van der Waals surface area contributed by atoms with Crippen LogP contribution in [0, 0.1) is 0 Å². The van der Waals surface area contributed by atoms with E-state index in [1.807, 2.05) is 18.2 Å². The van der Waals surface area contributed by atoms with Crippen LogP contribution in [0.5, 0.6) is 0 Å². The van der Waals surface area contributed by atoms with Crippen LogP contribution in [-0.2, 0) is 16.0 Å². The van der Waals surface area contributed by atoms with Crippen LogP contribution in [-0.4, -0.2) is 35.0 Å². The molecule has 0 bridgehead atoms. The van der Waals surface area contributed by atoms with Crippen LogP contribution in [0.4, 0.5) is 0 Å². The first-order valence-corrected chi connectivity index (χ1v) is 6.94. The number of carboxylic acid groups (broad SMARTS) is 1. The van der Waals surface area contributed by atoms with E-state index in [1.54, 1.807) is 4.90 Å². The number of aryl methyl sites for hydroxylation is 1. The number of benzene rings is 1. The summed E-state index contributed by atoms with van der Waals surface area (Å²) in [6.45, 7) is 0.924. The molecule has 1 aliphatic heterocycles. The molecule has 2 aliphatic rings. The van der Waals surface area contributed by atoms with Crippen LogP contribution >= 0.6 is 0 Å². The van der Waals surface area contributed by atoms with E-state index in [4.69, 9.17) is 5.11 Å². The van der Waals surface area contributed by atoms with Gasteiger partial charge in [0.1, 0.15) is 0 Å². The zero-order chi connectivity index (χ0) is 14.1. The summed E-state index contributed by atoms with van der Waals surface area (Å²) in [7, 11) is 0. The molecular weight excluding hydrogens is 254 g/mol. The Morgan fingerprint density at radius 2 is 2.00 bits per heavy atom. The highest BCUT2D eigenvalue weighted by atomic mass is 16.4. The third-order valence-electron chi connectivity index (χ3n) is 4.09. The summed E-state index contributed by atoms with van der Waals surface area (Å²) in [6.07, 6.45) is 4.19. The second-order valence-corrected chi connectivity index (χ2v) is 5.48. The number of hydrogen-bond donors (Lipinski definition) is 1. The van der Waals surface area contributed by atoms with E-state index in [0.717, 1.165) is 30.4 Å². The van der Waals surface area contributed by atoms with Crippen LogP contribution in [0.15, 0.2) is 35.9 Å². The Bertz CT molecular complexity index is 583. The summed E-state index contributed by atoms with van der Waals surface area (Å²) < 4.78 is 0. The molecule has 1 aromatic carbocycles. The summed E-state index contributed by atoms with van der Waals surface area (Å²) in [5.74, 6) is -0.846. The standard InChI is InChI=1S/C16H17NO3/c18-15(19)8-11-9-17(10-11)16(20)14-7-3-5-12-4-1-2-6-13(12)14/h1-2,4,6,8,14H,3,5,7,9-10H2,(H,18,19). The second-order valence-electron chi connectivity index (χ2n) is 5.48.